The largest absolute Gasteiger partial charge is 0.489 e. The molecule has 1 atom stereocenters. The highest BCUT2D eigenvalue weighted by molar-refractivity contribution is 5.97. The molecule has 0 saturated heterocycles. The molecule has 0 unspecified atom stereocenters. The predicted octanol–water partition coefficient (Wildman–Crippen LogP) is 4.59. The Kier molecular flexibility index (Phi) is 6.58. The van der Waals surface area contributed by atoms with Gasteiger partial charge in [0.2, 0.25) is 0 Å². The molecular formula is C23H20FNO4. The van der Waals surface area contributed by atoms with Gasteiger partial charge in [0.1, 0.15) is 18.2 Å². The maximum Gasteiger partial charge on any atom is 0.341 e. The maximum atomic E-state index is 13.6. The van der Waals surface area contributed by atoms with Gasteiger partial charge in [-0.05, 0) is 48.9 Å². The molecule has 3 rings (SSSR count). The number of esters is 1. The number of benzene rings is 3. The van der Waals surface area contributed by atoms with Gasteiger partial charge in [0.25, 0.3) is 5.91 Å². The van der Waals surface area contributed by atoms with E-state index in [1.807, 2.05) is 30.3 Å². The molecule has 3 aromatic carbocycles. The predicted molar refractivity (Wildman–Crippen MR) is 107 cm³/mol. The normalized spacial score (nSPS) is 11.4. The van der Waals surface area contributed by atoms with E-state index in [9.17, 15) is 14.0 Å². The van der Waals surface area contributed by atoms with E-state index in [0.29, 0.717) is 18.0 Å². The number of hydrogen-bond donors (Lipinski definition) is 1. The molecule has 1 amide bonds. The Hall–Kier alpha value is -3.67. The summed E-state index contributed by atoms with van der Waals surface area (Å²) in [5, 5.41) is 2.65. The van der Waals surface area contributed by atoms with Crippen LogP contribution in [0.1, 0.15) is 22.8 Å². The van der Waals surface area contributed by atoms with Crippen molar-refractivity contribution < 1.29 is 23.5 Å². The molecule has 0 aliphatic carbocycles. The van der Waals surface area contributed by atoms with Crippen LogP contribution in [0.15, 0.2) is 78.9 Å². The average molecular weight is 393 g/mol. The Bertz CT molecular complexity index is 974. The molecule has 0 spiro atoms. The molecule has 0 radical (unpaired) electrons. The lowest BCUT2D eigenvalue weighted by Crippen LogP contribution is -2.30. The Labute approximate surface area is 168 Å². The molecule has 0 fully saturated rings. The Balaban J connectivity index is 1.52. The molecule has 0 aromatic heterocycles. The highest BCUT2D eigenvalue weighted by atomic mass is 19.1. The van der Waals surface area contributed by atoms with E-state index in [0.717, 1.165) is 11.6 Å². The van der Waals surface area contributed by atoms with Crippen molar-refractivity contribution in [3.05, 3.63) is 95.8 Å². The molecule has 6 heteroatoms. The zero-order chi connectivity index (χ0) is 20.6. The SMILES string of the molecule is C[C@@H](OC(=O)c1ccccc1F)C(=O)Nc1ccc(OCc2ccccc2)cc1. The van der Waals surface area contributed by atoms with E-state index in [2.05, 4.69) is 5.32 Å². The monoisotopic (exact) mass is 393 g/mol. The smallest absolute Gasteiger partial charge is 0.341 e. The van der Waals surface area contributed by atoms with E-state index in [1.54, 1.807) is 24.3 Å². The number of carbonyl (C=O) groups excluding carboxylic acids is 2. The summed E-state index contributed by atoms with van der Waals surface area (Å²) in [6.45, 7) is 1.86. The summed E-state index contributed by atoms with van der Waals surface area (Å²) in [4.78, 5) is 24.3. The van der Waals surface area contributed by atoms with Crippen LogP contribution in [0.25, 0.3) is 0 Å². The lowest BCUT2D eigenvalue weighted by atomic mass is 10.2. The van der Waals surface area contributed by atoms with Gasteiger partial charge in [0, 0.05) is 5.69 Å². The van der Waals surface area contributed by atoms with Crippen LogP contribution >= 0.6 is 0 Å². The van der Waals surface area contributed by atoms with Crippen LogP contribution in [0.3, 0.4) is 0 Å². The average Bonchev–Trinajstić information content (AvgIpc) is 2.74. The first-order valence-electron chi connectivity index (χ1n) is 9.06. The molecule has 1 N–H and O–H groups in total. The lowest BCUT2D eigenvalue weighted by Gasteiger charge is -2.14. The first kappa shape index (κ1) is 20.1. The Morgan fingerprint density at radius 1 is 0.931 bits per heavy atom. The number of ether oxygens (including phenoxy) is 2. The number of anilines is 1. The minimum absolute atomic E-state index is 0.216. The molecule has 5 nitrogen and oxygen atoms in total. The van der Waals surface area contributed by atoms with Gasteiger partial charge in [-0.2, -0.15) is 0 Å². The van der Waals surface area contributed by atoms with Gasteiger partial charge >= 0.3 is 5.97 Å². The molecule has 0 bridgehead atoms. The summed E-state index contributed by atoms with van der Waals surface area (Å²) in [5.41, 5.74) is 1.36. The summed E-state index contributed by atoms with van der Waals surface area (Å²) >= 11 is 0. The topological polar surface area (TPSA) is 64.6 Å². The van der Waals surface area contributed by atoms with Crippen molar-refractivity contribution in [3.8, 4) is 5.75 Å². The van der Waals surface area contributed by atoms with Gasteiger partial charge in [0.15, 0.2) is 6.10 Å². The molecule has 0 heterocycles. The summed E-state index contributed by atoms with van der Waals surface area (Å²) in [5.74, 6) is -1.45. The molecule has 29 heavy (non-hydrogen) atoms. The molecule has 0 saturated carbocycles. The third-order valence-electron chi connectivity index (χ3n) is 4.12. The zero-order valence-electron chi connectivity index (χ0n) is 15.8. The van der Waals surface area contributed by atoms with Crippen molar-refractivity contribution >= 4 is 17.6 Å². The van der Waals surface area contributed by atoms with Gasteiger partial charge in [-0.3, -0.25) is 4.79 Å². The number of nitrogens with one attached hydrogen (secondary N) is 1. The van der Waals surface area contributed by atoms with Crippen LogP contribution in [0.5, 0.6) is 5.75 Å². The summed E-state index contributed by atoms with van der Waals surface area (Å²) in [7, 11) is 0. The second kappa shape index (κ2) is 9.50. The fourth-order valence-electron chi connectivity index (χ4n) is 2.52. The molecule has 148 valence electrons. The van der Waals surface area contributed by atoms with E-state index < -0.39 is 23.8 Å². The van der Waals surface area contributed by atoms with Crippen molar-refractivity contribution in [2.24, 2.45) is 0 Å². The van der Waals surface area contributed by atoms with Gasteiger partial charge in [-0.25, -0.2) is 9.18 Å². The van der Waals surface area contributed by atoms with Gasteiger partial charge in [0.05, 0.1) is 5.56 Å². The quantitative estimate of drug-likeness (QED) is 0.597. The van der Waals surface area contributed by atoms with Gasteiger partial charge in [-0.1, -0.05) is 42.5 Å². The number of hydrogen-bond acceptors (Lipinski definition) is 4. The van der Waals surface area contributed by atoms with Gasteiger partial charge < -0.3 is 14.8 Å². The highest BCUT2D eigenvalue weighted by Crippen LogP contribution is 2.18. The number of halogens is 1. The van der Waals surface area contributed by atoms with Crippen molar-refractivity contribution in [2.45, 2.75) is 19.6 Å². The molecule has 3 aromatic rings. The maximum absolute atomic E-state index is 13.6. The zero-order valence-corrected chi connectivity index (χ0v) is 15.8. The lowest BCUT2D eigenvalue weighted by molar-refractivity contribution is -0.123. The van der Waals surface area contributed by atoms with Crippen LogP contribution in [-0.2, 0) is 16.1 Å². The van der Waals surface area contributed by atoms with Crippen LogP contribution in [0.4, 0.5) is 10.1 Å². The van der Waals surface area contributed by atoms with E-state index in [1.165, 1.54) is 25.1 Å². The summed E-state index contributed by atoms with van der Waals surface area (Å²) in [6, 6.07) is 22.0. The van der Waals surface area contributed by atoms with Crippen molar-refractivity contribution in [3.63, 3.8) is 0 Å². The van der Waals surface area contributed by atoms with Crippen molar-refractivity contribution in [1.29, 1.82) is 0 Å². The fourth-order valence-corrected chi connectivity index (χ4v) is 2.52. The minimum Gasteiger partial charge on any atom is -0.489 e. The Morgan fingerprint density at radius 3 is 2.28 bits per heavy atom. The van der Waals surface area contributed by atoms with E-state index in [4.69, 9.17) is 9.47 Å². The van der Waals surface area contributed by atoms with E-state index >= 15 is 0 Å². The van der Waals surface area contributed by atoms with Crippen LogP contribution in [0.2, 0.25) is 0 Å². The third kappa shape index (κ3) is 5.65. The van der Waals surface area contributed by atoms with Crippen LogP contribution < -0.4 is 10.1 Å². The summed E-state index contributed by atoms with van der Waals surface area (Å²) in [6.07, 6.45) is -1.09. The standard InChI is InChI=1S/C23H20FNO4/c1-16(29-23(27)20-9-5-6-10-21(20)24)22(26)25-18-11-13-19(14-12-18)28-15-17-7-3-2-4-8-17/h2-14,16H,15H2,1H3,(H,25,26)/t16-/m1/s1. The second-order valence-corrected chi connectivity index (χ2v) is 6.32. The Morgan fingerprint density at radius 2 is 1.59 bits per heavy atom. The van der Waals surface area contributed by atoms with Gasteiger partial charge in [-0.15, -0.1) is 0 Å². The minimum atomic E-state index is -1.09. The van der Waals surface area contributed by atoms with Crippen molar-refractivity contribution in [1.82, 2.24) is 0 Å². The number of carbonyl (C=O) groups is 2. The summed E-state index contributed by atoms with van der Waals surface area (Å²) < 4.78 is 24.4. The van der Waals surface area contributed by atoms with Crippen LogP contribution in [0, 0.1) is 5.82 Å². The molecular weight excluding hydrogens is 373 g/mol. The van der Waals surface area contributed by atoms with E-state index in [-0.39, 0.29) is 5.56 Å². The van der Waals surface area contributed by atoms with Crippen LogP contribution in [-0.4, -0.2) is 18.0 Å². The highest BCUT2D eigenvalue weighted by Gasteiger charge is 2.21. The number of rotatable bonds is 7. The second-order valence-electron chi connectivity index (χ2n) is 6.32. The molecule has 0 aliphatic heterocycles. The fraction of sp³-hybridized carbons (Fsp3) is 0.130. The molecule has 0 aliphatic rings. The van der Waals surface area contributed by atoms with Crippen molar-refractivity contribution in [2.75, 3.05) is 5.32 Å². The first-order chi connectivity index (χ1) is 14.0. The third-order valence-corrected chi connectivity index (χ3v) is 4.12. The number of amides is 1. The first-order valence-corrected chi connectivity index (χ1v) is 9.06.